The molecule has 0 bridgehead atoms. The van der Waals surface area contributed by atoms with Gasteiger partial charge in [-0.25, -0.2) is 0 Å². The van der Waals surface area contributed by atoms with Crippen LogP contribution in [0.5, 0.6) is 5.88 Å². The molecule has 1 rings (SSSR count). The molecule has 12 heavy (non-hydrogen) atoms. The molecular formula is C8H10N2OS. The van der Waals surface area contributed by atoms with Gasteiger partial charge in [0.25, 0.3) is 0 Å². The van der Waals surface area contributed by atoms with Crippen LogP contribution in [0.1, 0.15) is 11.8 Å². The van der Waals surface area contributed by atoms with E-state index < -0.39 is 0 Å². The van der Waals surface area contributed by atoms with Gasteiger partial charge in [-0.05, 0) is 18.5 Å². The summed E-state index contributed by atoms with van der Waals surface area (Å²) in [6, 6.07) is 1.69. The van der Waals surface area contributed by atoms with Crippen LogP contribution in [0, 0.1) is 11.8 Å². The molecule has 1 atom stereocenters. The van der Waals surface area contributed by atoms with Crippen LogP contribution in [-0.2, 0) is 0 Å². The summed E-state index contributed by atoms with van der Waals surface area (Å²) in [4.78, 5) is 0.879. The molecule has 0 aliphatic carbocycles. The molecule has 1 aromatic heterocycles. The zero-order valence-electron chi connectivity index (χ0n) is 7.00. The minimum atomic E-state index is -0.0990. The summed E-state index contributed by atoms with van der Waals surface area (Å²) in [5.41, 5.74) is 5.46. The van der Waals surface area contributed by atoms with Gasteiger partial charge in [0.15, 0.2) is 0 Å². The maximum atomic E-state index is 5.46. The quantitative estimate of drug-likeness (QED) is 0.655. The average molecular weight is 182 g/mol. The van der Waals surface area contributed by atoms with E-state index in [2.05, 4.69) is 16.2 Å². The second-order valence-electron chi connectivity index (χ2n) is 2.29. The lowest BCUT2D eigenvalue weighted by Crippen LogP contribution is -2.10. The Morgan fingerprint density at radius 3 is 3.00 bits per heavy atom. The standard InChI is InChI=1S/C8H10N2OS/c1-6(9)3-4-7-5-8(11-2)10-12-7/h5-6H,9H2,1-2H3. The van der Waals surface area contributed by atoms with Gasteiger partial charge in [0.1, 0.15) is 4.88 Å². The van der Waals surface area contributed by atoms with Crippen LogP contribution < -0.4 is 10.5 Å². The molecular weight excluding hydrogens is 172 g/mol. The van der Waals surface area contributed by atoms with E-state index in [0.717, 1.165) is 4.88 Å². The predicted octanol–water partition coefficient (Wildman–Crippen LogP) is 0.850. The van der Waals surface area contributed by atoms with E-state index in [0.29, 0.717) is 5.88 Å². The summed E-state index contributed by atoms with van der Waals surface area (Å²) in [5.74, 6) is 6.35. The molecule has 0 aliphatic rings. The highest BCUT2D eigenvalue weighted by Gasteiger charge is 1.96. The molecule has 0 aliphatic heterocycles. The second kappa shape index (κ2) is 4.10. The lowest BCUT2D eigenvalue weighted by molar-refractivity contribution is 0.402. The first-order valence-electron chi connectivity index (χ1n) is 3.50. The number of nitrogens with two attached hydrogens (primary N) is 1. The van der Waals surface area contributed by atoms with Crippen LogP contribution in [0.3, 0.4) is 0 Å². The zero-order chi connectivity index (χ0) is 8.97. The molecule has 1 aromatic rings. The van der Waals surface area contributed by atoms with Gasteiger partial charge in [0.2, 0.25) is 5.88 Å². The van der Waals surface area contributed by atoms with Crippen LogP contribution in [0.2, 0.25) is 0 Å². The highest BCUT2D eigenvalue weighted by Crippen LogP contribution is 2.14. The van der Waals surface area contributed by atoms with Crippen molar-refractivity contribution in [3.8, 4) is 17.7 Å². The van der Waals surface area contributed by atoms with Gasteiger partial charge in [-0.15, -0.1) is 0 Å². The third-order valence-electron chi connectivity index (χ3n) is 1.12. The van der Waals surface area contributed by atoms with Crippen LogP contribution in [-0.4, -0.2) is 17.5 Å². The molecule has 0 aromatic carbocycles. The Labute approximate surface area is 75.7 Å². The van der Waals surface area contributed by atoms with Gasteiger partial charge < -0.3 is 10.5 Å². The topological polar surface area (TPSA) is 48.1 Å². The first-order valence-corrected chi connectivity index (χ1v) is 4.27. The van der Waals surface area contributed by atoms with E-state index in [4.69, 9.17) is 10.5 Å². The number of aromatic nitrogens is 1. The van der Waals surface area contributed by atoms with E-state index in [-0.39, 0.29) is 6.04 Å². The van der Waals surface area contributed by atoms with Gasteiger partial charge >= 0.3 is 0 Å². The molecule has 0 saturated carbocycles. The van der Waals surface area contributed by atoms with Gasteiger partial charge in [-0.1, -0.05) is 11.8 Å². The molecule has 3 nitrogen and oxygen atoms in total. The Kier molecular flexibility index (Phi) is 3.09. The molecule has 0 amide bonds. The van der Waals surface area contributed by atoms with E-state index in [1.807, 2.05) is 6.92 Å². The molecule has 0 fully saturated rings. The van der Waals surface area contributed by atoms with Crippen molar-refractivity contribution in [2.24, 2.45) is 5.73 Å². The Morgan fingerprint density at radius 1 is 1.75 bits per heavy atom. The maximum Gasteiger partial charge on any atom is 0.226 e. The molecule has 1 heterocycles. The molecule has 1 unspecified atom stereocenters. The Bertz CT molecular complexity index is 308. The van der Waals surface area contributed by atoms with Crippen molar-refractivity contribution in [1.82, 2.24) is 4.37 Å². The maximum absolute atomic E-state index is 5.46. The summed E-state index contributed by atoms with van der Waals surface area (Å²) < 4.78 is 8.89. The first-order chi connectivity index (χ1) is 5.72. The van der Waals surface area contributed by atoms with Crippen molar-refractivity contribution in [2.75, 3.05) is 7.11 Å². The summed E-state index contributed by atoms with van der Waals surface area (Å²) in [5, 5.41) is 0. The van der Waals surface area contributed by atoms with Gasteiger partial charge in [0, 0.05) is 6.07 Å². The van der Waals surface area contributed by atoms with Gasteiger partial charge in [0.05, 0.1) is 13.2 Å². The Morgan fingerprint density at radius 2 is 2.50 bits per heavy atom. The first kappa shape index (κ1) is 9.04. The van der Waals surface area contributed by atoms with E-state index in [9.17, 15) is 0 Å². The van der Waals surface area contributed by atoms with Gasteiger partial charge in [-0.2, -0.15) is 4.37 Å². The largest absolute Gasteiger partial charge is 0.480 e. The SMILES string of the molecule is COc1cc(C#CC(C)N)sn1. The number of hydrogen-bond acceptors (Lipinski definition) is 4. The number of ether oxygens (including phenoxy) is 1. The summed E-state index contributed by atoms with van der Waals surface area (Å²) in [6.07, 6.45) is 0. The molecule has 0 saturated heterocycles. The third kappa shape index (κ3) is 2.53. The van der Waals surface area contributed by atoms with Crippen LogP contribution in [0.25, 0.3) is 0 Å². The van der Waals surface area contributed by atoms with Crippen LogP contribution >= 0.6 is 11.5 Å². The highest BCUT2D eigenvalue weighted by atomic mass is 32.1. The van der Waals surface area contributed by atoms with Crippen molar-refractivity contribution in [3.05, 3.63) is 10.9 Å². The van der Waals surface area contributed by atoms with Crippen molar-refractivity contribution in [3.63, 3.8) is 0 Å². The van der Waals surface area contributed by atoms with Crippen molar-refractivity contribution < 1.29 is 4.74 Å². The monoisotopic (exact) mass is 182 g/mol. The number of rotatable bonds is 1. The van der Waals surface area contributed by atoms with E-state index in [1.54, 1.807) is 13.2 Å². The summed E-state index contributed by atoms with van der Waals surface area (Å²) in [7, 11) is 1.58. The molecule has 0 radical (unpaired) electrons. The van der Waals surface area contributed by atoms with E-state index in [1.165, 1.54) is 11.5 Å². The molecule has 4 heteroatoms. The second-order valence-corrected chi connectivity index (χ2v) is 3.10. The van der Waals surface area contributed by atoms with Gasteiger partial charge in [-0.3, -0.25) is 0 Å². The van der Waals surface area contributed by atoms with Crippen LogP contribution in [0.15, 0.2) is 6.07 Å². The molecule has 64 valence electrons. The fourth-order valence-corrected chi connectivity index (χ4v) is 1.17. The third-order valence-corrected chi connectivity index (χ3v) is 1.81. The fourth-order valence-electron chi connectivity index (χ4n) is 0.599. The zero-order valence-corrected chi connectivity index (χ0v) is 7.81. The fraction of sp³-hybridized carbons (Fsp3) is 0.375. The highest BCUT2D eigenvalue weighted by molar-refractivity contribution is 7.06. The van der Waals surface area contributed by atoms with Crippen LogP contribution in [0.4, 0.5) is 0 Å². The summed E-state index contributed by atoms with van der Waals surface area (Å²) >= 11 is 1.31. The van der Waals surface area contributed by atoms with Crippen molar-refractivity contribution >= 4 is 11.5 Å². The number of nitrogens with zero attached hydrogens (tertiary/aromatic N) is 1. The molecule has 2 N–H and O–H groups in total. The molecule has 0 spiro atoms. The van der Waals surface area contributed by atoms with E-state index >= 15 is 0 Å². The normalized spacial score (nSPS) is 11.6. The Balaban J connectivity index is 2.72. The average Bonchev–Trinajstić information content (AvgIpc) is 2.48. The number of hydrogen-bond donors (Lipinski definition) is 1. The lowest BCUT2D eigenvalue weighted by Gasteiger charge is -1.86. The number of methoxy groups -OCH3 is 1. The summed E-state index contributed by atoms with van der Waals surface area (Å²) in [6.45, 7) is 1.84. The van der Waals surface area contributed by atoms with Crippen molar-refractivity contribution in [1.29, 1.82) is 0 Å². The smallest absolute Gasteiger partial charge is 0.226 e. The Hall–Kier alpha value is -1.05. The predicted molar refractivity (Wildman–Crippen MR) is 49.2 cm³/mol. The minimum absolute atomic E-state index is 0.0990. The lowest BCUT2D eigenvalue weighted by atomic mass is 10.3. The van der Waals surface area contributed by atoms with Crippen molar-refractivity contribution in [2.45, 2.75) is 13.0 Å². The minimum Gasteiger partial charge on any atom is -0.480 e.